The molecule has 0 radical (unpaired) electrons. The van der Waals surface area contributed by atoms with Crippen molar-refractivity contribution in [3.05, 3.63) is 22.9 Å². The average Bonchev–Trinajstić information content (AvgIpc) is 2.92. The summed E-state index contributed by atoms with van der Waals surface area (Å²) in [6.45, 7) is 3.60. The van der Waals surface area contributed by atoms with Gasteiger partial charge in [0.05, 0.1) is 4.47 Å². The van der Waals surface area contributed by atoms with E-state index in [1.807, 2.05) is 0 Å². The molecule has 0 bridgehead atoms. The molecule has 8 heteroatoms. The molecule has 0 atom stereocenters. The van der Waals surface area contributed by atoms with E-state index >= 15 is 0 Å². The van der Waals surface area contributed by atoms with Crippen LogP contribution in [-0.2, 0) is 6.42 Å². The van der Waals surface area contributed by atoms with Crippen molar-refractivity contribution in [3.63, 3.8) is 0 Å². The van der Waals surface area contributed by atoms with Gasteiger partial charge in [-0.15, -0.1) is 0 Å². The van der Waals surface area contributed by atoms with Gasteiger partial charge in [-0.05, 0) is 22.4 Å². The van der Waals surface area contributed by atoms with E-state index in [-0.39, 0.29) is 0 Å². The molecule has 102 valence electrons. The van der Waals surface area contributed by atoms with Gasteiger partial charge in [0.25, 0.3) is 0 Å². The number of rotatable bonds is 7. The van der Waals surface area contributed by atoms with Gasteiger partial charge in [-0.3, -0.25) is 0 Å². The first kappa shape index (κ1) is 13.7. The van der Waals surface area contributed by atoms with Crippen LogP contribution >= 0.6 is 15.9 Å². The number of anilines is 2. The topological polar surface area (TPSA) is 88.8 Å². The van der Waals surface area contributed by atoms with Crippen LogP contribution in [0.25, 0.3) is 0 Å². The SMILES string of the molecule is CCCNc1ncc(Br)c(NCCc2ncno2)n1. The predicted octanol–water partition coefficient (Wildman–Crippen LogP) is 2.10. The highest BCUT2D eigenvalue weighted by molar-refractivity contribution is 9.10. The van der Waals surface area contributed by atoms with Crippen molar-refractivity contribution in [1.82, 2.24) is 20.1 Å². The molecule has 2 rings (SSSR count). The zero-order valence-corrected chi connectivity index (χ0v) is 12.1. The highest BCUT2D eigenvalue weighted by atomic mass is 79.9. The molecule has 2 heterocycles. The molecule has 0 spiro atoms. The van der Waals surface area contributed by atoms with Gasteiger partial charge < -0.3 is 15.2 Å². The lowest BCUT2D eigenvalue weighted by Crippen LogP contribution is -2.10. The van der Waals surface area contributed by atoms with Crippen LogP contribution in [0.15, 0.2) is 21.5 Å². The lowest BCUT2D eigenvalue weighted by atomic mass is 10.4. The van der Waals surface area contributed by atoms with E-state index in [2.05, 4.69) is 53.6 Å². The van der Waals surface area contributed by atoms with Crippen LogP contribution in [0.5, 0.6) is 0 Å². The maximum absolute atomic E-state index is 4.92. The number of hydrogen-bond donors (Lipinski definition) is 2. The van der Waals surface area contributed by atoms with Crippen LogP contribution in [-0.4, -0.2) is 33.2 Å². The van der Waals surface area contributed by atoms with Crippen molar-refractivity contribution in [2.24, 2.45) is 0 Å². The van der Waals surface area contributed by atoms with Gasteiger partial charge >= 0.3 is 0 Å². The van der Waals surface area contributed by atoms with Gasteiger partial charge in [0.1, 0.15) is 5.82 Å². The molecule has 0 aliphatic rings. The molecule has 0 saturated carbocycles. The minimum atomic E-state index is 0.599. The van der Waals surface area contributed by atoms with Gasteiger partial charge in [0, 0.05) is 25.7 Å². The largest absolute Gasteiger partial charge is 0.368 e. The maximum atomic E-state index is 4.92. The third-order valence-electron chi connectivity index (χ3n) is 2.32. The molecule has 0 saturated heterocycles. The third-order valence-corrected chi connectivity index (χ3v) is 2.90. The zero-order chi connectivity index (χ0) is 13.5. The second-order valence-corrected chi connectivity index (χ2v) is 4.68. The van der Waals surface area contributed by atoms with E-state index < -0.39 is 0 Å². The van der Waals surface area contributed by atoms with Crippen molar-refractivity contribution in [3.8, 4) is 0 Å². The van der Waals surface area contributed by atoms with Crippen molar-refractivity contribution >= 4 is 27.7 Å². The van der Waals surface area contributed by atoms with Crippen molar-refractivity contribution < 1.29 is 4.52 Å². The molecule has 2 aromatic rings. The Morgan fingerprint density at radius 1 is 1.26 bits per heavy atom. The van der Waals surface area contributed by atoms with Crippen LogP contribution in [0, 0.1) is 0 Å². The Balaban J connectivity index is 1.90. The Labute approximate surface area is 119 Å². The van der Waals surface area contributed by atoms with Gasteiger partial charge in [-0.2, -0.15) is 9.97 Å². The van der Waals surface area contributed by atoms with Crippen LogP contribution in [0.4, 0.5) is 11.8 Å². The molecule has 2 N–H and O–H groups in total. The minimum Gasteiger partial charge on any atom is -0.368 e. The lowest BCUT2D eigenvalue weighted by Gasteiger charge is -2.08. The van der Waals surface area contributed by atoms with E-state index in [0.29, 0.717) is 24.8 Å². The van der Waals surface area contributed by atoms with E-state index in [4.69, 9.17) is 4.52 Å². The van der Waals surface area contributed by atoms with Crippen LogP contribution in [0.2, 0.25) is 0 Å². The first-order chi connectivity index (χ1) is 9.29. The summed E-state index contributed by atoms with van der Waals surface area (Å²) in [7, 11) is 0. The summed E-state index contributed by atoms with van der Waals surface area (Å²) in [4.78, 5) is 12.5. The van der Waals surface area contributed by atoms with E-state index in [1.54, 1.807) is 6.20 Å². The maximum Gasteiger partial charge on any atom is 0.228 e. The third kappa shape index (κ3) is 4.16. The fraction of sp³-hybridized carbons (Fsp3) is 0.455. The molecule has 0 aromatic carbocycles. The Bertz CT molecular complexity index is 504. The minimum absolute atomic E-state index is 0.599. The summed E-state index contributed by atoms with van der Waals surface area (Å²) in [5.74, 6) is 1.96. The Morgan fingerprint density at radius 3 is 2.89 bits per heavy atom. The van der Waals surface area contributed by atoms with E-state index in [1.165, 1.54) is 6.33 Å². The van der Waals surface area contributed by atoms with Gasteiger partial charge in [0.15, 0.2) is 6.33 Å². The molecule has 19 heavy (non-hydrogen) atoms. The number of aromatic nitrogens is 4. The first-order valence-electron chi connectivity index (χ1n) is 6.05. The van der Waals surface area contributed by atoms with Crippen molar-refractivity contribution in [1.29, 1.82) is 0 Å². The fourth-order valence-corrected chi connectivity index (χ4v) is 1.74. The summed E-state index contributed by atoms with van der Waals surface area (Å²) in [6, 6.07) is 0. The Morgan fingerprint density at radius 2 is 2.16 bits per heavy atom. The molecule has 0 aliphatic heterocycles. The average molecular weight is 327 g/mol. The molecule has 7 nitrogen and oxygen atoms in total. The predicted molar refractivity (Wildman–Crippen MR) is 75.0 cm³/mol. The number of hydrogen-bond acceptors (Lipinski definition) is 7. The lowest BCUT2D eigenvalue weighted by molar-refractivity contribution is 0.379. The summed E-state index contributed by atoms with van der Waals surface area (Å²) in [6.07, 6.45) is 4.79. The summed E-state index contributed by atoms with van der Waals surface area (Å²) in [5, 5.41) is 9.90. The number of halogens is 1. The summed E-state index contributed by atoms with van der Waals surface area (Å²) >= 11 is 3.41. The van der Waals surface area contributed by atoms with Gasteiger partial charge in [-0.1, -0.05) is 12.1 Å². The van der Waals surface area contributed by atoms with E-state index in [9.17, 15) is 0 Å². The molecule has 0 aliphatic carbocycles. The second kappa shape index (κ2) is 7.03. The van der Waals surface area contributed by atoms with Gasteiger partial charge in [0.2, 0.25) is 11.8 Å². The van der Waals surface area contributed by atoms with E-state index in [0.717, 1.165) is 23.3 Å². The molecule has 0 fully saturated rings. The first-order valence-corrected chi connectivity index (χ1v) is 6.84. The molecule has 0 unspecified atom stereocenters. The smallest absolute Gasteiger partial charge is 0.228 e. The normalized spacial score (nSPS) is 10.4. The summed E-state index contributed by atoms with van der Waals surface area (Å²) < 4.78 is 5.74. The molecular formula is C11H15BrN6O. The molecule has 2 aromatic heterocycles. The standard InChI is InChI=1S/C11H15BrN6O/c1-2-4-14-11-15-6-8(12)10(18-11)13-5-3-9-16-7-17-19-9/h6-7H,2-5H2,1H3,(H2,13,14,15,18). The summed E-state index contributed by atoms with van der Waals surface area (Å²) in [5.41, 5.74) is 0. The molecule has 0 amide bonds. The Hall–Kier alpha value is -1.70. The van der Waals surface area contributed by atoms with Gasteiger partial charge in [-0.25, -0.2) is 4.98 Å². The highest BCUT2D eigenvalue weighted by Gasteiger charge is 2.05. The number of nitrogens with one attached hydrogen (secondary N) is 2. The van der Waals surface area contributed by atoms with Crippen LogP contribution in [0.1, 0.15) is 19.2 Å². The monoisotopic (exact) mass is 326 g/mol. The van der Waals surface area contributed by atoms with Crippen molar-refractivity contribution in [2.45, 2.75) is 19.8 Å². The zero-order valence-electron chi connectivity index (χ0n) is 10.6. The second-order valence-electron chi connectivity index (χ2n) is 3.83. The highest BCUT2D eigenvalue weighted by Crippen LogP contribution is 2.19. The van der Waals surface area contributed by atoms with Crippen molar-refractivity contribution in [2.75, 3.05) is 23.7 Å². The van der Waals surface area contributed by atoms with Crippen LogP contribution in [0.3, 0.4) is 0 Å². The number of nitrogens with zero attached hydrogens (tertiary/aromatic N) is 4. The fourth-order valence-electron chi connectivity index (χ4n) is 1.41. The van der Waals surface area contributed by atoms with Crippen LogP contribution < -0.4 is 10.6 Å². The molecular weight excluding hydrogens is 312 g/mol. The quantitative estimate of drug-likeness (QED) is 0.805. The Kier molecular flexibility index (Phi) is 5.08.